The fraction of sp³-hybridized carbons (Fsp3) is 0.143. The maximum atomic E-state index is 14.0. The number of nitrogens with zero attached hydrogens (tertiary/aromatic N) is 1. The van der Waals surface area contributed by atoms with Crippen LogP contribution >= 0.6 is 11.6 Å². The van der Waals surface area contributed by atoms with Gasteiger partial charge >= 0.3 is 0 Å². The van der Waals surface area contributed by atoms with Gasteiger partial charge in [0.2, 0.25) is 5.78 Å². The molecule has 132 valence electrons. The summed E-state index contributed by atoms with van der Waals surface area (Å²) >= 11 is 6.35. The number of allylic oxidation sites excluding steroid dienone is 1. The van der Waals surface area contributed by atoms with Gasteiger partial charge in [-0.15, -0.1) is 0 Å². The van der Waals surface area contributed by atoms with Gasteiger partial charge in [0, 0.05) is 28.7 Å². The number of hydrogen-bond acceptors (Lipinski definition) is 2. The molecular weight excluding hydrogens is 353 g/mol. The second kappa shape index (κ2) is 7.26. The van der Waals surface area contributed by atoms with Gasteiger partial charge in [-0.2, -0.15) is 0 Å². The fourth-order valence-electron chi connectivity index (χ4n) is 3.04. The van der Waals surface area contributed by atoms with Gasteiger partial charge in [0.25, 0.3) is 0 Å². The first-order chi connectivity index (χ1) is 12.4. The lowest BCUT2D eigenvalue weighted by Gasteiger charge is -2.10. The second-order valence-corrected chi connectivity index (χ2v) is 6.69. The third-order valence-electron chi connectivity index (χ3n) is 4.26. The SMILES string of the molecule is Cc1ccc(Cn2cc(C)c3cc(F)cc(/C=C/C(=O)C=O)c32)c(Cl)c1. The van der Waals surface area contributed by atoms with E-state index in [-0.39, 0.29) is 6.29 Å². The Balaban J connectivity index is 2.15. The van der Waals surface area contributed by atoms with Crippen molar-refractivity contribution in [2.75, 3.05) is 0 Å². The van der Waals surface area contributed by atoms with E-state index in [9.17, 15) is 14.0 Å². The van der Waals surface area contributed by atoms with E-state index in [0.29, 0.717) is 17.1 Å². The zero-order valence-electron chi connectivity index (χ0n) is 14.4. The van der Waals surface area contributed by atoms with E-state index in [4.69, 9.17) is 11.6 Å². The van der Waals surface area contributed by atoms with Crippen LogP contribution in [0.1, 0.15) is 22.3 Å². The van der Waals surface area contributed by atoms with E-state index in [0.717, 1.165) is 33.7 Å². The summed E-state index contributed by atoms with van der Waals surface area (Å²) in [6, 6.07) is 8.68. The van der Waals surface area contributed by atoms with E-state index in [1.165, 1.54) is 18.2 Å². The van der Waals surface area contributed by atoms with Gasteiger partial charge < -0.3 is 4.57 Å². The number of halogens is 2. The number of ketones is 1. The zero-order chi connectivity index (χ0) is 18.8. The van der Waals surface area contributed by atoms with Gasteiger partial charge in [-0.3, -0.25) is 9.59 Å². The second-order valence-electron chi connectivity index (χ2n) is 6.28. The van der Waals surface area contributed by atoms with E-state index in [1.807, 2.05) is 42.8 Å². The van der Waals surface area contributed by atoms with Gasteiger partial charge in [-0.1, -0.05) is 23.7 Å². The number of aromatic nitrogens is 1. The van der Waals surface area contributed by atoms with Crippen molar-refractivity contribution in [3.63, 3.8) is 0 Å². The minimum absolute atomic E-state index is 0.226. The monoisotopic (exact) mass is 369 g/mol. The van der Waals surface area contributed by atoms with E-state index in [2.05, 4.69) is 0 Å². The molecule has 0 bridgehead atoms. The average molecular weight is 370 g/mol. The molecule has 1 aromatic heterocycles. The first-order valence-corrected chi connectivity index (χ1v) is 8.48. The van der Waals surface area contributed by atoms with Crippen molar-refractivity contribution in [1.29, 1.82) is 0 Å². The van der Waals surface area contributed by atoms with E-state index < -0.39 is 11.6 Å². The Labute approximate surface area is 155 Å². The Morgan fingerprint density at radius 2 is 2.00 bits per heavy atom. The van der Waals surface area contributed by atoms with Crippen molar-refractivity contribution in [3.8, 4) is 0 Å². The molecule has 26 heavy (non-hydrogen) atoms. The van der Waals surface area contributed by atoms with Crippen LogP contribution in [0.25, 0.3) is 17.0 Å². The zero-order valence-corrected chi connectivity index (χ0v) is 15.2. The standard InChI is InChI=1S/C21H17ClFNO2/c1-13-3-4-16(20(22)7-13)11-24-10-14(2)19-9-17(23)8-15(21(19)24)5-6-18(26)12-25/h3-10,12H,11H2,1-2H3/b6-5+. The van der Waals surface area contributed by atoms with Crippen LogP contribution < -0.4 is 0 Å². The third-order valence-corrected chi connectivity index (χ3v) is 4.61. The highest BCUT2D eigenvalue weighted by Crippen LogP contribution is 2.29. The molecule has 0 fully saturated rings. The molecule has 0 aliphatic heterocycles. The quantitative estimate of drug-likeness (QED) is 0.365. The summed E-state index contributed by atoms with van der Waals surface area (Å²) in [5.41, 5.74) is 4.25. The van der Waals surface area contributed by atoms with Crippen molar-refractivity contribution < 1.29 is 14.0 Å². The number of carbonyl (C=O) groups is 2. The molecule has 3 nitrogen and oxygen atoms in total. The number of rotatable bonds is 5. The molecule has 2 aromatic carbocycles. The lowest BCUT2D eigenvalue weighted by Crippen LogP contribution is -2.01. The van der Waals surface area contributed by atoms with Crippen molar-refractivity contribution in [2.45, 2.75) is 20.4 Å². The van der Waals surface area contributed by atoms with Crippen LogP contribution in [-0.4, -0.2) is 16.6 Å². The Hall–Kier alpha value is -2.72. The molecule has 5 heteroatoms. The smallest absolute Gasteiger partial charge is 0.218 e. The Kier molecular flexibility index (Phi) is 5.05. The lowest BCUT2D eigenvalue weighted by atomic mass is 10.1. The third kappa shape index (κ3) is 3.60. The molecule has 0 radical (unpaired) electrons. The maximum absolute atomic E-state index is 14.0. The molecule has 0 aliphatic rings. The lowest BCUT2D eigenvalue weighted by molar-refractivity contribution is -0.126. The molecule has 0 atom stereocenters. The van der Waals surface area contributed by atoms with Crippen molar-refractivity contribution >= 4 is 40.6 Å². The Morgan fingerprint density at radius 3 is 2.69 bits per heavy atom. The highest BCUT2D eigenvalue weighted by Gasteiger charge is 2.13. The molecule has 0 amide bonds. The highest BCUT2D eigenvalue weighted by molar-refractivity contribution is 6.31. The van der Waals surface area contributed by atoms with Gasteiger partial charge in [0.1, 0.15) is 5.82 Å². The van der Waals surface area contributed by atoms with Crippen LogP contribution in [0.4, 0.5) is 4.39 Å². The molecule has 0 saturated carbocycles. The van der Waals surface area contributed by atoms with E-state index >= 15 is 0 Å². The van der Waals surface area contributed by atoms with Crippen molar-refractivity contribution in [3.05, 3.63) is 75.7 Å². The predicted octanol–water partition coefficient (Wildman–Crippen LogP) is 4.88. The Bertz CT molecular complexity index is 1050. The van der Waals surface area contributed by atoms with Gasteiger partial charge in [0.05, 0.1) is 5.52 Å². The molecule has 0 saturated heterocycles. The summed E-state index contributed by atoms with van der Waals surface area (Å²) in [6.45, 7) is 4.39. The molecule has 0 N–H and O–H groups in total. The van der Waals surface area contributed by atoms with Crippen LogP contribution in [0.5, 0.6) is 0 Å². The predicted molar refractivity (Wildman–Crippen MR) is 102 cm³/mol. The van der Waals surface area contributed by atoms with E-state index in [1.54, 1.807) is 0 Å². The van der Waals surface area contributed by atoms with Crippen LogP contribution in [-0.2, 0) is 16.1 Å². The summed E-state index contributed by atoms with van der Waals surface area (Å²) in [4.78, 5) is 21.8. The topological polar surface area (TPSA) is 39.1 Å². The van der Waals surface area contributed by atoms with Crippen LogP contribution in [0.3, 0.4) is 0 Å². The van der Waals surface area contributed by atoms with Crippen molar-refractivity contribution in [2.24, 2.45) is 0 Å². The number of aryl methyl sites for hydroxylation is 2. The highest BCUT2D eigenvalue weighted by atomic mass is 35.5. The van der Waals surface area contributed by atoms with Crippen LogP contribution in [0, 0.1) is 19.7 Å². The molecule has 0 aliphatic carbocycles. The van der Waals surface area contributed by atoms with Crippen LogP contribution in [0.2, 0.25) is 5.02 Å². The summed E-state index contributed by atoms with van der Waals surface area (Å²) in [5, 5.41) is 1.42. The number of aldehydes is 1. The molecule has 0 unspecified atom stereocenters. The first kappa shape index (κ1) is 18.1. The normalized spacial score (nSPS) is 11.4. The van der Waals surface area contributed by atoms with Gasteiger partial charge in [-0.05, 0) is 60.9 Å². The Morgan fingerprint density at radius 1 is 1.23 bits per heavy atom. The minimum Gasteiger partial charge on any atom is -0.342 e. The largest absolute Gasteiger partial charge is 0.342 e. The van der Waals surface area contributed by atoms with Gasteiger partial charge in [0.15, 0.2) is 6.29 Å². The summed E-state index contributed by atoms with van der Waals surface area (Å²) in [6.07, 6.45) is 4.77. The van der Waals surface area contributed by atoms with Crippen molar-refractivity contribution in [1.82, 2.24) is 4.57 Å². The molecule has 1 heterocycles. The number of hydrogen-bond donors (Lipinski definition) is 0. The number of benzene rings is 2. The number of carbonyl (C=O) groups excluding carboxylic acids is 2. The van der Waals surface area contributed by atoms with Gasteiger partial charge in [-0.25, -0.2) is 4.39 Å². The minimum atomic E-state index is -0.668. The molecular formula is C21H17ClFNO2. The van der Waals surface area contributed by atoms with Crippen LogP contribution in [0.15, 0.2) is 42.6 Å². The first-order valence-electron chi connectivity index (χ1n) is 8.10. The number of fused-ring (bicyclic) bond motifs is 1. The summed E-state index contributed by atoms with van der Waals surface area (Å²) in [5.74, 6) is -1.07. The summed E-state index contributed by atoms with van der Waals surface area (Å²) in [7, 11) is 0. The molecule has 3 aromatic rings. The average Bonchev–Trinajstić information content (AvgIpc) is 2.90. The summed E-state index contributed by atoms with van der Waals surface area (Å²) < 4.78 is 16.0. The fourth-order valence-corrected chi connectivity index (χ4v) is 3.33. The molecule has 3 rings (SSSR count). The maximum Gasteiger partial charge on any atom is 0.218 e. The molecule has 0 spiro atoms.